The summed E-state index contributed by atoms with van der Waals surface area (Å²) in [7, 11) is 0. The van der Waals surface area contributed by atoms with Gasteiger partial charge in [0.2, 0.25) is 0 Å². The molecule has 1 unspecified atom stereocenters. The van der Waals surface area contributed by atoms with Crippen molar-refractivity contribution in [2.75, 3.05) is 0 Å². The molecular formula is C12H18O. The molecule has 1 fully saturated rings. The summed E-state index contributed by atoms with van der Waals surface area (Å²) in [4.78, 5) is 0. The lowest BCUT2D eigenvalue weighted by Gasteiger charge is -2.38. The van der Waals surface area contributed by atoms with E-state index in [0.29, 0.717) is 17.8 Å². The van der Waals surface area contributed by atoms with Gasteiger partial charge in [0.05, 0.1) is 6.10 Å². The maximum Gasteiger partial charge on any atom is 0.0608 e. The Morgan fingerprint density at radius 1 is 1.38 bits per heavy atom. The van der Waals surface area contributed by atoms with Crippen LogP contribution in [0.15, 0.2) is 24.8 Å². The van der Waals surface area contributed by atoms with Crippen LogP contribution in [0.25, 0.3) is 0 Å². The lowest BCUT2D eigenvalue weighted by atomic mass is 9.69. The molecule has 0 radical (unpaired) electrons. The van der Waals surface area contributed by atoms with Gasteiger partial charge in [0.15, 0.2) is 0 Å². The van der Waals surface area contributed by atoms with E-state index in [4.69, 9.17) is 0 Å². The summed E-state index contributed by atoms with van der Waals surface area (Å²) in [6.45, 7) is 3.85. The van der Waals surface area contributed by atoms with Crippen LogP contribution in [0.5, 0.6) is 0 Å². The van der Waals surface area contributed by atoms with E-state index >= 15 is 0 Å². The summed E-state index contributed by atoms with van der Waals surface area (Å²) < 4.78 is 0. The number of aliphatic hydroxyl groups excluding tert-OH is 1. The first kappa shape index (κ1) is 9.01. The molecular weight excluding hydrogens is 160 g/mol. The number of allylic oxidation sites excluding steroid dienone is 2. The number of aliphatic hydroxyl groups is 1. The lowest BCUT2D eigenvalue weighted by molar-refractivity contribution is 0.0471. The Bertz CT molecular complexity index is 219. The minimum absolute atomic E-state index is 0.0993. The van der Waals surface area contributed by atoms with E-state index in [2.05, 4.69) is 24.8 Å². The number of rotatable bonds is 1. The van der Waals surface area contributed by atoms with Crippen LogP contribution in [0.3, 0.4) is 0 Å². The van der Waals surface area contributed by atoms with Crippen LogP contribution in [0.2, 0.25) is 0 Å². The van der Waals surface area contributed by atoms with Gasteiger partial charge in [0, 0.05) is 0 Å². The van der Waals surface area contributed by atoms with Crippen LogP contribution >= 0.6 is 0 Å². The highest BCUT2D eigenvalue weighted by Gasteiger charge is 2.33. The molecule has 1 nitrogen and oxygen atoms in total. The molecule has 13 heavy (non-hydrogen) atoms. The third-order valence-electron chi connectivity index (χ3n) is 3.58. The third kappa shape index (κ3) is 1.71. The zero-order chi connectivity index (χ0) is 9.26. The third-order valence-corrected chi connectivity index (χ3v) is 3.58. The summed E-state index contributed by atoms with van der Waals surface area (Å²) in [5.74, 6) is 1.78. The normalized spacial score (nSPS) is 44.1. The quantitative estimate of drug-likeness (QED) is 0.612. The molecule has 0 spiro atoms. The molecule has 0 aromatic rings. The number of hydrogen-bond donors (Lipinski definition) is 1. The Morgan fingerprint density at radius 2 is 2.23 bits per heavy atom. The first-order valence-corrected chi connectivity index (χ1v) is 5.28. The fraction of sp³-hybridized carbons (Fsp3) is 0.667. The summed E-state index contributed by atoms with van der Waals surface area (Å²) in [5, 5.41) is 9.83. The van der Waals surface area contributed by atoms with E-state index in [1.54, 1.807) is 0 Å². The van der Waals surface area contributed by atoms with Gasteiger partial charge in [-0.2, -0.15) is 0 Å². The molecule has 1 N–H and O–H groups in total. The molecule has 0 amide bonds. The van der Waals surface area contributed by atoms with Gasteiger partial charge in [-0.25, -0.2) is 0 Å². The smallest absolute Gasteiger partial charge is 0.0608 e. The molecule has 72 valence electrons. The SMILES string of the molecule is C=C[C@@H]1CC[C@@H]2C=CCC(O)[C@@H]2C1. The van der Waals surface area contributed by atoms with Gasteiger partial charge in [-0.1, -0.05) is 18.2 Å². The van der Waals surface area contributed by atoms with Crippen LogP contribution in [-0.4, -0.2) is 11.2 Å². The Balaban J connectivity index is 2.07. The van der Waals surface area contributed by atoms with Crippen molar-refractivity contribution >= 4 is 0 Å². The van der Waals surface area contributed by atoms with Crippen LogP contribution < -0.4 is 0 Å². The van der Waals surface area contributed by atoms with E-state index in [9.17, 15) is 5.11 Å². The highest BCUT2D eigenvalue weighted by molar-refractivity contribution is 5.04. The predicted octanol–water partition coefficient (Wildman–Crippen LogP) is 2.53. The van der Waals surface area contributed by atoms with Crippen molar-refractivity contribution in [2.24, 2.45) is 17.8 Å². The fourth-order valence-electron chi connectivity index (χ4n) is 2.73. The Kier molecular flexibility index (Phi) is 2.54. The highest BCUT2D eigenvalue weighted by Crippen LogP contribution is 2.40. The topological polar surface area (TPSA) is 20.2 Å². The van der Waals surface area contributed by atoms with Gasteiger partial charge in [-0.15, -0.1) is 6.58 Å². The standard InChI is InChI=1S/C12H18O/c1-2-9-6-7-10-4-3-5-12(13)11(10)8-9/h2-4,9-13H,1,5-8H2/t9-,10+,11-,12?/m1/s1. The van der Waals surface area contributed by atoms with Gasteiger partial charge in [0.25, 0.3) is 0 Å². The van der Waals surface area contributed by atoms with Crippen molar-refractivity contribution in [3.63, 3.8) is 0 Å². The average Bonchev–Trinajstić information content (AvgIpc) is 2.18. The molecule has 0 aromatic heterocycles. The molecule has 0 saturated heterocycles. The van der Waals surface area contributed by atoms with E-state index in [1.165, 1.54) is 12.8 Å². The molecule has 2 aliphatic carbocycles. The Labute approximate surface area is 80.2 Å². The zero-order valence-corrected chi connectivity index (χ0v) is 8.02. The summed E-state index contributed by atoms with van der Waals surface area (Å²) in [6, 6.07) is 0. The maximum atomic E-state index is 9.83. The molecule has 0 aromatic carbocycles. The van der Waals surface area contributed by atoms with Crippen LogP contribution in [0.1, 0.15) is 25.7 Å². The van der Waals surface area contributed by atoms with Gasteiger partial charge in [-0.3, -0.25) is 0 Å². The first-order chi connectivity index (χ1) is 6.31. The maximum absolute atomic E-state index is 9.83. The number of hydrogen-bond acceptors (Lipinski definition) is 1. The van der Waals surface area contributed by atoms with Gasteiger partial charge >= 0.3 is 0 Å². The van der Waals surface area contributed by atoms with Crippen molar-refractivity contribution in [3.05, 3.63) is 24.8 Å². The Morgan fingerprint density at radius 3 is 3.00 bits per heavy atom. The molecule has 0 bridgehead atoms. The van der Waals surface area contributed by atoms with E-state index < -0.39 is 0 Å². The summed E-state index contributed by atoms with van der Waals surface area (Å²) in [5.41, 5.74) is 0. The van der Waals surface area contributed by atoms with Crippen molar-refractivity contribution in [2.45, 2.75) is 31.8 Å². The summed E-state index contributed by atoms with van der Waals surface area (Å²) in [6.07, 6.45) is 10.9. The molecule has 2 aliphatic rings. The molecule has 4 atom stereocenters. The van der Waals surface area contributed by atoms with Crippen molar-refractivity contribution in [3.8, 4) is 0 Å². The fourth-order valence-corrected chi connectivity index (χ4v) is 2.73. The lowest BCUT2D eigenvalue weighted by Crippen LogP contribution is -2.34. The second-order valence-electron chi connectivity index (χ2n) is 4.37. The van der Waals surface area contributed by atoms with Gasteiger partial charge in [-0.05, 0) is 43.4 Å². The monoisotopic (exact) mass is 178 g/mol. The Hall–Kier alpha value is -0.560. The second-order valence-corrected chi connectivity index (χ2v) is 4.37. The van der Waals surface area contributed by atoms with Gasteiger partial charge in [0.1, 0.15) is 0 Å². The van der Waals surface area contributed by atoms with Crippen LogP contribution in [0, 0.1) is 17.8 Å². The molecule has 0 aliphatic heterocycles. The minimum atomic E-state index is -0.0993. The zero-order valence-electron chi connectivity index (χ0n) is 8.02. The number of fused-ring (bicyclic) bond motifs is 1. The van der Waals surface area contributed by atoms with E-state index in [0.717, 1.165) is 12.8 Å². The average molecular weight is 178 g/mol. The molecule has 1 saturated carbocycles. The molecule has 1 heteroatoms. The predicted molar refractivity (Wildman–Crippen MR) is 54.3 cm³/mol. The van der Waals surface area contributed by atoms with Crippen molar-refractivity contribution < 1.29 is 5.11 Å². The molecule has 2 rings (SSSR count). The first-order valence-electron chi connectivity index (χ1n) is 5.28. The van der Waals surface area contributed by atoms with Crippen molar-refractivity contribution in [1.82, 2.24) is 0 Å². The van der Waals surface area contributed by atoms with Crippen molar-refractivity contribution in [1.29, 1.82) is 0 Å². The minimum Gasteiger partial charge on any atom is -0.392 e. The van der Waals surface area contributed by atoms with E-state index in [-0.39, 0.29) is 6.10 Å². The van der Waals surface area contributed by atoms with Crippen LogP contribution in [0.4, 0.5) is 0 Å². The van der Waals surface area contributed by atoms with Crippen LogP contribution in [-0.2, 0) is 0 Å². The second kappa shape index (κ2) is 3.67. The van der Waals surface area contributed by atoms with E-state index in [1.807, 2.05) is 0 Å². The van der Waals surface area contributed by atoms with Gasteiger partial charge < -0.3 is 5.11 Å². The highest BCUT2D eigenvalue weighted by atomic mass is 16.3. The summed E-state index contributed by atoms with van der Waals surface area (Å²) >= 11 is 0. The molecule has 0 heterocycles. The largest absolute Gasteiger partial charge is 0.392 e.